The molecule has 0 radical (unpaired) electrons. The number of rotatable bonds is 1. The molecular weight excluding hydrogens is 219 g/mol. The predicted octanol–water partition coefficient (Wildman–Crippen LogP) is 2.52. The minimum Gasteiger partial charge on any atom is -0.387 e. The van der Waals surface area contributed by atoms with Crippen LogP contribution < -0.4 is 0 Å². The zero-order chi connectivity index (χ0) is 11.8. The maximum atomic E-state index is 12.9. The van der Waals surface area contributed by atoms with Gasteiger partial charge in [0.1, 0.15) is 11.6 Å². The summed E-state index contributed by atoms with van der Waals surface area (Å²) in [7, 11) is 0. The van der Waals surface area contributed by atoms with Gasteiger partial charge in [-0.15, -0.1) is 0 Å². The van der Waals surface area contributed by atoms with Crippen LogP contribution in [-0.2, 0) is 6.54 Å². The van der Waals surface area contributed by atoms with Crippen LogP contribution >= 0.6 is 0 Å². The highest BCUT2D eigenvalue weighted by atomic mass is 19.1. The number of aliphatic hydroxyl groups is 1. The molecule has 1 aromatic heterocycles. The molecule has 1 atom stereocenters. The van der Waals surface area contributed by atoms with Crippen molar-refractivity contribution in [3.05, 3.63) is 42.0 Å². The third kappa shape index (κ3) is 1.74. The van der Waals surface area contributed by atoms with Crippen molar-refractivity contribution in [2.24, 2.45) is 0 Å². The molecule has 0 bridgehead atoms. The summed E-state index contributed by atoms with van der Waals surface area (Å²) >= 11 is 0. The SMILES string of the molecule is OC1CCCn2c1cnc2-c1ccc(F)cc1. The maximum Gasteiger partial charge on any atom is 0.140 e. The molecule has 0 aliphatic carbocycles. The van der Waals surface area contributed by atoms with E-state index in [0.29, 0.717) is 0 Å². The monoisotopic (exact) mass is 232 g/mol. The van der Waals surface area contributed by atoms with Gasteiger partial charge in [0.15, 0.2) is 0 Å². The van der Waals surface area contributed by atoms with Gasteiger partial charge in [0, 0.05) is 12.1 Å². The van der Waals surface area contributed by atoms with E-state index >= 15 is 0 Å². The summed E-state index contributed by atoms with van der Waals surface area (Å²) in [6, 6.07) is 6.28. The zero-order valence-electron chi connectivity index (χ0n) is 9.31. The smallest absolute Gasteiger partial charge is 0.140 e. The van der Waals surface area contributed by atoms with Crippen molar-refractivity contribution < 1.29 is 9.50 Å². The Kier molecular flexibility index (Phi) is 2.44. The molecule has 1 aliphatic heterocycles. The van der Waals surface area contributed by atoms with Crippen molar-refractivity contribution in [3.63, 3.8) is 0 Å². The fraction of sp³-hybridized carbons (Fsp3) is 0.308. The van der Waals surface area contributed by atoms with Crippen LogP contribution in [0.15, 0.2) is 30.5 Å². The van der Waals surface area contributed by atoms with Gasteiger partial charge in [-0.2, -0.15) is 0 Å². The average molecular weight is 232 g/mol. The van der Waals surface area contributed by atoms with Crippen molar-refractivity contribution in [1.29, 1.82) is 0 Å². The maximum absolute atomic E-state index is 12.9. The van der Waals surface area contributed by atoms with E-state index in [2.05, 4.69) is 4.98 Å². The molecule has 2 aromatic rings. The second-order valence-electron chi connectivity index (χ2n) is 4.32. The molecule has 3 nitrogen and oxygen atoms in total. The van der Waals surface area contributed by atoms with Gasteiger partial charge in [-0.3, -0.25) is 0 Å². The van der Waals surface area contributed by atoms with Crippen molar-refractivity contribution in [2.45, 2.75) is 25.5 Å². The standard InChI is InChI=1S/C13H13FN2O/c14-10-5-3-9(4-6-10)13-15-8-11-12(17)2-1-7-16(11)13/h3-6,8,12,17H,1-2,7H2. The van der Waals surface area contributed by atoms with E-state index < -0.39 is 6.10 Å². The second kappa shape index (κ2) is 3.96. The molecule has 1 N–H and O–H groups in total. The molecule has 2 heterocycles. The second-order valence-corrected chi connectivity index (χ2v) is 4.32. The van der Waals surface area contributed by atoms with Crippen LogP contribution in [0, 0.1) is 5.82 Å². The molecule has 1 unspecified atom stereocenters. The van der Waals surface area contributed by atoms with Gasteiger partial charge < -0.3 is 9.67 Å². The summed E-state index contributed by atoms with van der Waals surface area (Å²) in [6.07, 6.45) is 3.01. The fourth-order valence-electron chi connectivity index (χ4n) is 2.31. The Morgan fingerprint density at radius 1 is 1.29 bits per heavy atom. The average Bonchev–Trinajstić information content (AvgIpc) is 2.75. The highest BCUT2D eigenvalue weighted by Gasteiger charge is 2.21. The highest BCUT2D eigenvalue weighted by molar-refractivity contribution is 5.56. The van der Waals surface area contributed by atoms with Gasteiger partial charge in [-0.05, 0) is 37.1 Å². The van der Waals surface area contributed by atoms with Crippen molar-refractivity contribution in [3.8, 4) is 11.4 Å². The summed E-state index contributed by atoms with van der Waals surface area (Å²) in [5, 5.41) is 9.84. The van der Waals surface area contributed by atoms with E-state index in [1.807, 2.05) is 4.57 Å². The topological polar surface area (TPSA) is 38.0 Å². The van der Waals surface area contributed by atoms with E-state index in [4.69, 9.17) is 0 Å². The van der Waals surface area contributed by atoms with Crippen molar-refractivity contribution in [2.75, 3.05) is 0 Å². The number of aliphatic hydroxyl groups excluding tert-OH is 1. The van der Waals surface area contributed by atoms with Crippen LogP contribution in [-0.4, -0.2) is 14.7 Å². The number of hydrogen-bond donors (Lipinski definition) is 1. The summed E-state index contributed by atoms with van der Waals surface area (Å²) in [5.74, 6) is 0.554. The molecule has 88 valence electrons. The molecule has 17 heavy (non-hydrogen) atoms. The first-order valence-electron chi connectivity index (χ1n) is 5.75. The Hall–Kier alpha value is -1.68. The zero-order valence-corrected chi connectivity index (χ0v) is 9.31. The number of aromatic nitrogens is 2. The minimum atomic E-state index is -0.426. The normalized spacial score (nSPS) is 19.1. The summed E-state index contributed by atoms with van der Waals surface area (Å²) in [5.41, 5.74) is 1.74. The Bertz CT molecular complexity index is 533. The van der Waals surface area contributed by atoms with Crippen LogP contribution in [0.1, 0.15) is 24.6 Å². The Labute approximate surface area is 98.5 Å². The Morgan fingerprint density at radius 3 is 2.82 bits per heavy atom. The van der Waals surface area contributed by atoms with Gasteiger partial charge >= 0.3 is 0 Å². The van der Waals surface area contributed by atoms with Gasteiger partial charge in [0.2, 0.25) is 0 Å². The third-order valence-corrected chi connectivity index (χ3v) is 3.19. The van der Waals surface area contributed by atoms with Crippen LogP contribution in [0.25, 0.3) is 11.4 Å². The quantitative estimate of drug-likeness (QED) is 0.820. The third-order valence-electron chi connectivity index (χ3n) is 3.19. The van der Waals surface area contributed by atoms with Crippen LogP contribution in [0.4, 0.5) is 4.39 Å². The molecule has 0 spiro atoms. The van der Waals surface area contributed by atoms with Crippen molar-refractivity contribution >= 4 is 0 Å². The van der Waals surface area contributed by atoms with E-state index in [1.54, 1.807) is 18.3 Å². The van der Waals surface area contributed by atoms with Gasteiger partial charge in [0.05, 0.1) is 18.0 Å². The molecule has 3 rings (SSSR count). The van der Waals surface area contributed by atoms with E-state index in [0.717, 1.165) is 36.5 Å². The number of halogens is 1. The first-order valence-corrected chi connectivity index (χ1v) is 5.75. The van der Waals surface area contributed by atoms with Crippen LogP contribution in [0.5, 0.6) is 0 Å². The lowest BCUT2D eigenvalue weighted by atomic mass is 10.1. The fourth-order valence-corrected chi connectivity index (χ4v) is 2.31. The molecule has 0 fully saturated rings. The van der Waals surface area contributed by atoms with Gasteiger partial charge in [0.25, 0.3) is 0 Å². The van der Waals surface area contributed by atoms with E-state index in [9.17, 15) is 9.50 Å². The molecule has 1 aliphatic rings. The predicted molar refractivity (Wildman–Crippen MR) is 61.8 cm³/mol. The van der Waals surface area contributed by atoms with Crippen LogP contribution in [0.3, 0.4) is 0 Å². The van der Waals surface area contributed by atoms with Crippen molar-refractivity contribution in [1.82, 2.24) is 9.55 Å². The number of imidazole rings is 1. The minimum absolute atomic E-state index is 0.251. The lowest BCUT2D eigenvalue weighted by Gasteiger charge is -2.21. The summed E-state index contributed by atoms with van der Waals surface area (Å²) in [6.45, 7) is 0.860. The first-order chi connectivity index (χ1) is 8.25. The summed E-state index contributed by atoms with van der Waals surface area (Å²) in [4.78, 5) is 4.33. The number of fused-ring (bicyclic) bond motifs is 1. The largest absolute Gasteiger partial charge is 0.387 e. The van der Waals surface area contributed by atoms with E-state index in [1.165, 1.54) is 12.1 Å². The molecule has 1 aromatic carbocycles. The lowest BCUT2D eigenvalue weighted by Crippen LogP contribution is -2.15. The Balaban J connectivity index is 2.07. The highest BCUT2D eigenvalue weighted by Crippen LogP contribution is 2.29. The molecular formula is C13H13FN2O. The molecule has 0 saturated heterocycles. The molecule has 0 amide bonds. The molecule has 4 heteroatoms. The number of hydrogen-bond acceptors (Lipinski definition) is 2. The molecule has 0 saturated carbocycles. The number of benzene rings is 1. The van der Waals surface area contributed by atoms with E-state index in [-0.39, 0.29) is 5.82 Å². The summed E-state index contributed by atoms with van der Waals surface area (Å²) < 4.78 is 14.9. The Morgan fingerprint density at radius 2 is 2.06 bits per heavy atom. The van der Waals surface area contributed by atoms with Gasteiger partial charge in [-0.25, -0.2) is 9.37 Å². The lowest BCUT2D eigenvalue weighted by molar-refractivity contribution is 0.139. The first kappa shape index (κ1) is 10.5. The van der Waals surface area contributed by atoms with Gasteiger partial charge in [-0.1, -0.05) is 0 Å². The number of nitrogens with zero attached hydrogens (tertiary/aromatic N) is 2. The van der Waals surface area contributed by atoms with Crippen LogP contribution in [0.2, 0.25) is 0 Å².